The Kier molecular flexibility index (Phi) is 8.44. The van der Waals surface area contributed by atoms with Gasteiger partial charge in [-0.05, 0) is 108 Å². The van der Waals surface area contributed by atoms with Gasteiger partial charge in [-0.2, -0.15) is 18.4 Å². The smallest absolute Gasteiger partial charge is 0.309 e. The molecule has 0 unspecified atom stereocenters. The van der Waals surface area contributed by atoms with Crippen molar-refractivity contribution in [3.8, 4) is 39.9 Å². The van der Waals surface area contributed by atoms with Crippen molar-refractivity contribution in [3.63, 3.8) is 0 Å². The molecule has 0 saturated heterocycles. The summed E-state index contributed by atoms with van der Waals surface area (Å²) >= 11 is 0. The number of nitriles is 1. The molecule has 8 heteroatoms. The minimum absolute atomic E-state index is 0.0222. The molecular formula is C62H36F3N5. The van der Waals surface area contributed by atoms with Gasteiger partial charge >= 0.3 is 6.18 Å². The van der Waals surface area contributed by atoms with Crippen molar-refractivity contribution in [1.82, 2.24) is 18.3 Å². The number of nitrogens with zero attached hydrogens (tertiary/aromatic N) is 5. The van der Waals surface area contributed by atoms with E-state index in [9.17, 15) is 5.26 Å². The van der Waals surface area contributed by atoms with Crippen LogP contribution < -0.4 is 0 Å². The van der Waals surface area contributed by atoms with Gasteiger partial charge in [0.1, 0.15) is 5.56 Å². The van der Waals surface area contributed by atoms with Gasteiger partial charge in [0.05, 0.1) is 67.1 Å². The summed E-state index contributed by atoms with van der Waals surface area (Å²) in [5, 5.41) is 17.8. The molecule has 70 heavy (non-hydrogen) atoms. The normalized spacial score (nSPS) is 12.2. The Labute approximate surface area is 397 Å². The van der Waals surface area contributed by atoms with Crippen LogP contribution in [0.15, 0.2) is 218 Å². The summed E-state index contributed by atoms with van der Waals surface area (Å²) in [6, 6.07) is 73.3. The molecule has 14 aromatic rings. The van der Waals surface area contributed by atoms with Crippen molar-refractivity contribution < 1.29 is 13.2 Å². The van der Waals surface area contributed by atoms with E-state index in [0.717, 1.165) is 76.5 Å². The average molecular weight is 908 g/mol. The first kappa shape index (κ1) is 39.8. The minimum Gasteiger partial charge on any atom is -0.309 e. The lowest BCUT2D eigenvalue weighted by molar-refractivity contribution is -0.137. The number of rotatable bonds is 5. The van der Waals surface area contributed by atoms with E-state index >= 15 is 13.2 Å². The largest absolute Gasteiger partial charge is 0.420 e. The fourth-order valence-electron chi connectivity index (χ4n) is 11.3. The zero-order valence-electron chi connectivity index (χ0n) is 37.2. The van der Waals surface area contributed by atoms with E-state index in [1.807, 2.05) is 127 Å². The van der Waals surface area contributed by atoms with Crippen LogP contribution in [0.2, 0.25) is 0 Å². The molecular weight excluding hydrogens is 872 g/mol. The molecule has 0 fully saturated rings. The Balaban J connectivity index is 1.07. The first-order valence-electron chi connectivity index (χ1n) is 23.1. The third kappa shape index (κ3) is 5.72. The second kappa shape index (κ2) is 14.8. The molecule has 0 aliphatic carbocycles. The van der Waals surface area contributed by atoms with Gasteiger partial charge in [-0.1, -0.05) is 121 Å². The van der Waals surface area contributed by atoms with Gasteiger partial charge < -0.3 is 18.3 Å². The van der Waals surface area contributed by atoms with Gasteiger partial charge in [-0.25, -0.2) is 0 Å². The van der Waals surface area contributed by atoms with Crippen LogP contribution in [0, 0.1) is 11.3 Å². The van der Waals surface area contributed by atoms with Crippen LogP contribution in [0.1, 0.15) is 11.1 Å². The number of aromatic nitrogens is 4. The standard InChI is InChI=1S/C62H36F3N5/c63-62(64,65)61-59(69-55-26-11-5-20-47(55)49-35-41(28-30-57(49)69)67-51-22-7-1-16-43(51)44-17-2-8-23-52(44)67)33-40(39-15-13-14-38(32-39)37-66)34-60(61)70-56-27-12-6-21-48(56)50-36-42(29-31-58(50)70)68-53-24-9-3-18-45(53)46-19-4-10-25-54(46)68/h1-36H. The lowest BCUT2D eigenvalue weighted by Crippen LogP contribution is -2.16. The predicted octanol–water partition coefficient (Wildman–Crippen LogP) is 16.6. The molecule has 4 heterocycles. The molecule has 330 valence electrons. The highest BCUT2D eigenvalue weighted by Gasteiger charge is 2.39. The van der Waals surface area contributed by atoms with Crippen LogP contribution in [0.5, 0.6) is 0 Å². The molecule has 0 aliphatic heterocycles. The first-order chi connectivity index (χ1) is 34.3. The fourth-order valence-corrected chi connectivity index (χ4v) is 11.3. The molecule has 0 bridgehead atoms. The molecule has 0 aliphatic rings. The number of hydrogen-bond acceptors (Lipinski definition) is 1. The van der Waals surface area contributed by atoms with Crippen LogP contribution in [0.4, 0.5) is 13.2 Å². The molecule has 0 spiro atoms. The van der Waals surface area contributed by atoms with E-state index in [-0.39, 0.29) is 11.4 Å². The Bertz CT molecular complexity index is 4190. The highest BCUT2D eigenvalue weighted by molar-refractivity contribution is 6.14. The summed E-state index contributed by atoms with van der Waals surface area (Å²) in [6.45, 7) is 0. The van der Waals surface area contributed by atoms with E-state index in [0.29, 0.717) is 38.8 Å². The summed E-state index contributed by atoms with van der Waals surface area (Å²) in [5.41, 5.74) is 9.22. The van der Waals surface area contributed by atoms with Crippen LogP contribution in [-0.4, -0.2) is 18.3 Å². The highest BCUT2D eigenvalue weighted by atomic mass is 19.4. The van der Waals surface area contributed by atoms with Gasteiger partial charge in [0.25, 0.3) is 0 Å². The number of halogens is 3. The number of fused-ring (bicyclic) bond motifs is 12. The molecule has 14 rings (SSSR count). The Morgan fingerprint density at radius 1 is 0.314 bits per heavy atom. The molecule has 0 atom stereocenters. The number of alkyl halides is 3. The van der Waals surface area contributed by atoms with E-state index < -0.39 is 11.7 Å². The minimum atomic E-state index is -4.83. The van der Waals surface area contributed by atoms with Gasteiger partial charge in [0.15, 0.2) is 0 Å². The topological polar surface area (TPSA) is 43.5 Å². The zero-order valence-corrected chi connectivity index (χ0v) is 37.2. The monoisotopic (exact) mass is 907 g/mol. The van der Waals surface area contributed by atoms with Crippen molar-refractivity contribution in [2.24, 2.45) is 0 Å². The summed E-state index contributed by atoms with van der Waals surface area (Å²) in [6.07, 6.45) is -4.83. The number of benzene rings is 10. The lowest BCUT2D eigenvalue weighted by Gasteiger charge is -2.23. The predicted molar refractivity (Wildman–Crippen MR) is 279 cm³/mol. The number of para-hydroxylation sites is 6. The van der Waals surface area contributed by atoms with Gasteiger partial charge in [-0.15, -0.1) is 0 Å². The lowest BCUT2D eigenvalue weighted by atomic mass is 9.98. The Morgan fingerprint density at radius 2 is 0.657 bits per heavy atom. The Morgan fingerprint density at radius 3 is 1.03 bits per heavy atom. The second-order valence-electron chi connectivity index (χ2n) is 17.9. The third-order valence-corrected chi connectivity index (χ3v) is 14.2. The average Bonchev–Trinajstić information content (AvgIpc) is 4.13. The van der Waals surface area contributed by atoms with Gasteiger partial charge in [-0.3, -0.25) is 0 Å². The van der Waals surface area contributed by atoms with Crippen molar-refractivity contribution in [2.75, 3.05) is 0 Å². The van der Waals surface area contributed by atoms with Crippen LogP contribution in [0.25, 0.3) is 121 Å². The Hall–Kier alpha value is -9.32. The maximum Gasteiger partial charge on any atom is 0.420 e. The third-order valence-electron chi connectivity index (χ3n) is 14.2. The molecule has 10 aromatic carbocycles. The first-order valence-corrected chi connectivity index (χ1v) is 23.1. The molecule has 0 amide bonds. The zero-order chi connectivity index (χ0) is 46.8. The maximum absolute atomic E-state index is 16.8. The van der Waals surface area contributed by atoms with E-state index in [4.69, 9.17) is 0 Å². The highest BCUT2D eigenvalue weighted by Crippen LogP contribution is 2.47. The van der Waals surface area contributed by atoms with E-state index in [2.05, 4.69) is 75.9 Å². The van der Waals surface area contributed by atoms with E-state index in [1.54, 1.807) is 39.5 Å². The van der Waals surface area contributed by atoms with Gasteiger partial charge in [0.2, 0.25) is 0 Å². The summed E-state index contributed by atoms with van der Waals surface area (Å²) < 4.78 is 58.3. The fraction of sp³-hybridized carbons (Fsp3) is 0.0161. The summed E-state index contributed by atoms with van der Waals surface area (Å²) in [7, 11) is 0. The summed E-state index contributed by atoms with van der Waals surface area (Å²) in [5.74, 6) is 0. The number of hydrogen-bond donors (Lipinski definition) is 0. The van der Waals surface area contributed by atoms with Crippen LogP contribution >= 0.6 is 0 Å². The maximum atomic E-state index is 16.8. The van der Waals surface area contributed by atoms with Gasteiger partial charge in [0, 0.05) is 54.5 Å². The van der Waals surface area contributed by atoms with Crippen molar-refractivity contribution in [1.29, 1.82) is 5.26 Å². The molecule has 4 aromatic heterocycles. The van der Waals surface area contributed by atoms with Crippen molar-refractivity contribution in [3.05, 3.63) is 230 Å². The molecule has 5 nitrogen and oxygen atoms in total. The quantitative estimate of drug-likeness (QED) is 0.170. The SMILES string of the molecule is N#Cc1cccc(-c2cc(-n3c4ccccc4c4cc(-n5c6ccccc6c6ccccc65)ccc43)c(C(F)(F)F)c(-n3c4ccccc4c4cc(-n5c6ccccc6c6ccccc65)ccc43)c2)c1. The molecule has 0 saturated carbocycles. The molecule has 0 radical (unpaired) electrons. The van der Waals surface area contributed by atoms with Crippen LogP contribution in [-0.2, 0) is 6.18 Å². The summed E-state index contributed by atoms with van der Waals surface area (Å²) in [4.78, 5) is 0. The molecule has 0 N–H and O–H groups in total. The second-order valence-corrected chi connectivity index (χ2v) is 17.9. The van der Waals surface area contributed by atoms with E-state index in [1.165, 1.54) is 0 Å². The van der Waals surface area contributed by atoms with Crippen molar-refractivity contribution >= 4 is 87.2 Å². The van der Waals surface area contributed by atoms with Crippen LogP contribution in [0.3, 0.4) is 0 Å². The van der Waals surface area contributed by atoms with Crippen molar-refractivity contribution in [2.45, 2.75) is 6.18 Å².